The van der Waals surface area contributed by atoms with Gasteiger partial charge >= 0.3 is 0 Å². The van der Waals surface area contributed by atoms with Gasteiger partial charge in [0.25, 0.3) is 0 Å². The number of nitrogens with one attached hydrogen (secondary N) is 2. The summed E-state index contributed by atoms with van der Waals surface area (Å²) in [6, 6.07) is 9.66. The number of anilines is 2. The van der Waals surface area contributed by atoms with Gasteiger partial charge in [0.2, 0.25) is 0 Å². The average Bonchev–Trinajstić information content (AvgIpc) is 2.89. The molecule has 4 N–H and O–H groups in total. The summed E-state index contributed by atoms with van der Waals surface area (Å²) in [4.78, 5) is 4.52. The summed E-state index contributed by atoms with van der Waals surface area (Å²) in [6.45, 7) is 0.698. The van der Waals surface area contributed by atoms with Gasteiger partial charge in [-0.15, -0.1) is 0 Å². The summed E-state index contributed by atoms with van der Waals surface area (Å²) >= 11 is 0. The number of nitrogen functional groups attached to an aromatic ring is 1. The zero-order chi connectivity index (χ0) is 12.4. The number of rotatable bonds is 3. The van der Waals surface area contributed by atoms with E-state index in [9.17, 15) is 0 Å². The first-order valence-electron chi connectivity index (χ1n) is 5.69. The van der Waals surface area contributed by atoms with Gasteiger partial charge in [0.15, 0.2) is 0 Å². The third-order valence-electron chi connectivity index (χ3n) is 2.74. The lowest BCUT2D eigenvalue weighted by Gasteiger charge is -2.05. The van der Waals surface area contributed by atoms with E-state index in [2.05, 4.69) is 20.5 Å². The Hall–Kier alpha value is -2.56. The lowest BCUT2D eigenvalue weighted by molar-refractivity contribution is 1.09. The summed E-state index contributed by atoms with van der Waals surface area (Å²) in [5.74, 6) is 0.841. The quantitative estimate of drug-likeness (QED) is 0.612. The van der Waals surface area contributed by atoms with Crippen LogP contribution in [0.3, 0.4) is 0 Å². The highest BCUT2D eigenvalue weighted by Crippen LogP contribution is 2.18. The molecule has 0 aliphatic carbocycles. The number of H-pyrrole nitrogens is 1. The van der Waals surface area contributed by atoms with Crippen molar-refractivity contribution >= 4 is 22.4 Å². The number of pyridine rings is 1. The SMILES string of the molecule is Nc1ccc2nc(NCc3cn[nH]c3)ccc2c1. The molecule has 1 aromatic carbocycles. The third kappa shape index (κ3) is 2.10. The molecule has 90 valence electrons. The molecular formula is C13H13N5. The molecular weight excluding hydrogens is 226 g/mol. The summed E-state index contributed by atoms with van der Waals surface area (Å²) in [6.07, 6.45) is 3.64. The Morgan fingerprint density at radius 3 is 3.00 bits per heavy atom. The number of nitrogens with two attached hydrogens (primary N) is 1. The van der Waals surface area contributed by atoms with Crippen molar-refractivity contribution in [1.82, 2.24) is 15.2 Å². The number of benzene rings is 1. The van der Waals surface area contributed by atoms with Crippen molar-refractivity contribution in [3.8, 4) is 0 Å². The van der Waals surface area contributed by atoms with Gasteiger partial charge in [-0.2, -0.15) is 5.10 Å². The van der Waals surface area contributed by atoms with Crippen molar-refractivity contribution in [3.05, 3.63) is 48.3 Å². The Kier molecular flexibility index (Phi) is 2.57. The van der Waals surface area contributed by atoms with Gasteiger partial charge < -0.3 is 11.1 Å². The predicted molar refractivity (Wildman–Crippen MR) is 72.1 cm³/mol. The number of hydrogen-bond donors (Lipinski definition) is 3. The van der Waals surface area contributed by atoms with E-state index in [4.69, 9.17) is 5.73 Å². The largest absolute Gasteiger partial charge is 0.399 e. The van der Waals surface area contributed by atoms with E-state index in [1.54, 1.807) is 6.20 Å². The van der Waals surface area contributed by atoms with Crippen molar-refractivity contribution in [3.63, 3.8) is 0 Å². The van der Waals surface area contributed by atoms with Gasteiger partial charge in [0, 0.05) is 29.4 Å². The van der Waals surface area contributed by atoms with E-state index in [1.807, 2.05) is 36.5 Å². The number of aromatic amines is 1. The second-order valence-corrected chi connectivity index (χ2v) is 4.11. The van der Waals surface area contributed by atoms with E-state index >= 15 is 0 Å². The van der Waals surface area contributed by atoms with Crippen LogP contribution in [0.2, 0.25) is 0 Å². The molecule has 0 amide bonds. The van der Waals surface area contributed by atoms with E-state index in [0.717, 1.165) is 28.0 Å². The average molecular weight is 239 g/mol. The molecule has 3 aromatic rings. The Balaban J connectivity index is 1.82. The highest BCUT2D eigenvalue weighted by molar-refractivity contribution is 5.83. The molecule has 2 heterocycles. The lowest BCUT2D eigenvalue weighted by atomic mass is 10.2. The van der Waals surface area contributed by atoms with Crippen molar-refractivity contribution in [2.45, 2.75) is 6.54 Å². The Bertz CT molecular complexity index is 660. The van der Waals surface area contributed by atoms with Crippen molar-refractivity contribution in [2.24, 2.45) is 0 Å². The van der Waals surface area contributed by atoms with Crippen molar-refractivity contribution in [1.29, 1.82) is 0 Å². The fraction of sp³-hybridized carbons (Fsp3) is 0.0769. The molecule has 0 fully saturated rings. The van der Waals surface area contributed by atoms with Crippen LogP contribution in [0.25, 0.3) is 10.9 Å². The van der Waals surface area contributed by atoms with Crippen LogP contribution in [0, 0.1) is 0 Å². The minimum absolute atomic E-state index is 0.698. The number of aromatic nitrogens is 3. The van der Waals surface area contributed by atoms with Crippen LogP contribution in [0.1, 0.15) is 5.56 Å². The van der Waals surface area contributed by atoms with Crippen LogP contribution in [0.5, 0.6) is 0 Å². The van der Waals surface area contributed by atoms with E-state index in [-0.39, 0.29) is 0 Å². The van der Waals surface area contributed by atoms with Gasteiger partial charge in [-0.05, 0) is 30.3 Å². The molecule has 0 radical (unpaired) electrons. The van der Waals surface area contributed by atoms with Gasteiger partial charge in [0.05, 0.1) is 11.7 Å². The molecule has 0 saturated carbocycles. The molecule has 0 unspecified atom stereocenters. The van der Waals surface area contributed by atoms with Gasteiger partial charge in [-0.3, -0.25) is 5.10 Å². The predicted octanol–water partition coefficient (Wildman–Crippen LogP) is 2.15. The smallest absolute Gasteiger partial charge is 0.126 e. The molecule has 2 aromatic heterocycles. The zero-order valence-corrected chi connectivity index (χ0v) is 9.72. The van der Waals surface area contributed by atoms with Crippen LogP contribution in [-0.2, 0) is 6.54 Å². The first-order valence-corrected chi connectivity index (χ1v) is 5.69. The molecule has 0 aliphatic heterocycles. The van der Waals surface area contributed by atoms with Crippen LogP contribution in [-0.4, -0.2) is 15.2 Å². The molecule has 5 heteroatoms. The van der Waals surface area contributed by atoms with Crippen LogP contribution >= 0.6 is 0 Å². The number of nitrogens with zero attached hydrogens (tertiary/aromatic N) is 2. The monoisotopic (exact) mass is 239 g/mol. The van der Waals surface area contributed by atoms with Crippen LogP contribution < -0.4 is 11.1 Å². The number of hydrogen-bond acceptors (Lipinski definition) is 4. The summed E-state index contributed by atoms with van der Waals surface area (Å²) in [5.41, 5.74) is 8.51. The summed E-state index contributed by atoms with van der Waals surface area (Å²) in [7, 11) is 0. The minimum Gasteiger partial charge on any atom is -0.399 e. The Morgan fingerprint density at radius 1 is 1.22 bits per heavy atom. The topological polar surface area (TPSA) is 79.6 Å². The van der Waals surface area contributed by atoms with E-state index < -0.39 is 0 Å². The van der Waals surface area contributed by atoms with E-state index in [1.165, 1.54) is 0 Å². The molecule has 3 rings (SSSR count). The summed E-state index contributed by atoms with van der Waals surface area (Å²) in [5, 5.41) is 11.0. The van der Waals surface area contributed by atoms with Crippen molar-refractivity contribution in [2.75, 3.05) is 11.1 Å². The molecule has 0 atom stereocenters. The second-order valence-electron chi connectivity index (χ2n) is 4.11. The maximum Gasteiger partial charge on any atom is 0.126 e. The lowest BCUT2D eigenvalue weighted by Crippen LogP contribution is -2.00. The Labute approximate surface area is 104 Å². The molecule has 18 heavy (non-hydrogen) atoms. The van der Waals surface area contributed by atoms with Crippen LogP contribution in [0.15, 0.2) is 42.7 Å². The zero-order valence-electron chi connectivity index (χ0n) is 9.72. The van der Waals surface area contributed by atoms with Crippen molar-refractivity contribution < 1.29 is 0 Å². The third-order valence-corrected chi connectivity index (χ3v) is 2.74. The van der Waals surface area contributed by atoms with Gasteiger partial charge in [-0.25, -0.2) is 4.98 Å². The van der Waals surface area contributed by atoms with Crippen LogP contribution in [0.4, 0.5) is 11.5 Å². The molecule has 0 spiro atoms. The molecule has 0 bridgehead atoms. The standard InChI is InChI=1S/C13H13N5/c14-11-2-3-12-10(5-11)1-4-13(18-12)15-6-9-7-16-17-8-9/h1-5,7-8H,6,14H2,(H,15,18)(H,16,17). The molecule has 0 saturated heterocycles. The highest BCUT2D eigenvalue weighted by Gasteiger charge is 1.99. The first kappa shape index (κ1) is 10.6. The summed E-state index contributed by atoms with van der Waals surface area (Å²) < 4.78 is 0. The van der Waals surface area contributed by atoms with E-state index in [0.29, 0.717) is 6.54 Å². The van der Waals surface area contributed by atoms with Gasteiger partial charge in [0.1, 0.15) is 5.82 Å². The van der Waals surface area contributed by atoms with Gasteiger partial charge in [-0.1, -0.05) is 0 Å². The highest BCUT2D eigenvalue weighted by atomic mass is 15.1. The number of fused-ring (bicyclic) bond motifs is 1. The maximum atomic E-state index is 5.73. The Morgan fingerprint density at radius 2 is 2.17 bits per heavy atom. The minimum atomic E-state index is 0.698. The normalized spacial score (nSPS) is 10.7. The molecule has 5 nitrogen and oxygen atoms in total. The molecule has 0 aliphatic rings. The fourth-order valence-corrected chi connectivity index (χ4v) is 1.81. The second kappa shape index (κ2) is 4.37. The fourth-order valence-electron chi connectivity index (χ4n) is 1.81. The first-order chi connectivity index (χ1) is 8.81. The maximum absolute atomic E-state index is 5.73.